The number of hydrogen-bond acceptors (Lipinski definition) is 5. The van der Waals surface area contributed by atoms with Crippen LogP contribution < -0.4 is 4.74 Å². The van der Waals surface area contributed by atoms with Gasteiger partial charge in [-0.15, -0.1) is 0 Å². The average Bonchev–Trinajstić information content (AvgIpc) is 3.44. The molecule has 158 valence electrons. The van der Waals surface area contributed by atoms with Crippen molar-refractivity contribution in [2.45, 2.75) is 44.4 Å². The molecule has 0 N–H and O–H groups in total. The standard InChI is InChI=1S/C22H31N3O4/c1-28-19-8-4-17(5-9-19)15-25(18-6-7-18)21(26)16-23-10-12-24(13-11-23)22(27)20-3-2-14-29-20/h4-5,8-9,18,20H,2-3,6-7,10-16H2,1H3. The number of nitrogens with zero attached hydrogens (tertiary/aromatic N) is 3. The largest absolute Gasteiger partial charge is 0.497 e. The van der Waals surface area contributed by atoms with Crippen molar-refractivity contribution in [1.29, 1.82) is 0 Å². The van der Waals surface area contributed by atoms with Crippen LogP contribution in [0.4, 0.5) is 0 Å². The van der Waals surface area contributed by atoms with Gasteiger partial charge in [0.05, 0.1) is 13.7 Å². The zero-order chi connectivity index (χ0) is 20.2. The molecule has 1 atom stereocenters. The van der Waals surface area contributed by atoms with Gasteiger partial charge in [-0.3, -0.25) is 14.5 Å². The van der Waals surface area contributed by atoms with Gasteiger partial charge in [-0.25, -0.2) is 0 Å². The second-order valence-corrected chi connectivity index (χ2v) is 8.20. The van der Waals surface area contributed by atoms with Crippen LogP contribution in [0.2, 0.25) is 0 Å². The van der Waals surface area contributed by atoms with Crippen LogP contribution in [0.5, 0.6) is 5.75 Å². The smallest absolute Gasteiger partial charge is 0.251 e. The van der Waals surface area contributed by atoms with Crippen molar-refractivity contribution < 1.29 is 19.1 Å². The summed E-state index contributed by atoms with van der Waals surface area (Å²) in [5.74, 6) is 1.13. The lowest BCUT2D eigenvalue weighted by Gasteiger charge is -2.36. The molecule has 3 aliphatic rings. The maximum Gasteiger partial charge on any atom is 0.251 e. The zero-order valence-corrected chi connectivity index (χ0v) is 17.2. The fourth-order valence-electron chi connectivity index (χ4n) is 4.12. The minimum Gasteiger partial charge on any atom is -0.497 e. The van der Waals surface area contributed by atoms with Gasteiger partial charge in [0.1, 0.15) is 11.9 Å². The van der Waals surface area contributed by atoms with Crippen molar-refractivity contribution in [3.63, 3.8) is 0 Å². The quantitative estimate of drug-likeness (QED) is 0.693. The molecule has 4 rings (SSSR count). The van der Waals surface area contributed by atoms with Crippen molar-refractivity contribution in [2.75, 3.05) is 46.4 Å². The first-order valence-corrected chi connectivity index (χ1v) is 10.7. The number of hydrogen-bond donors (Lipinski definition) is 0. The zero-order valence-electron chi connectivity index (χ0n) is 17.2. The molecule has 29 heavy (non-hydrogen) atoms. The molecule has 0 aromatic heterocycles. The maximum atomic E-state index is 13.0. The highest BCUT2D eigenvalue weighted by Crippen LogP contribution is 2.29. The number of ether oxygens (including phenoxy) is 2. The Hall–Kier alpha value is -2.12. The fourth-order valence-corrected chi connectivity index (χ4v) is 4.12. The Morgan fingerprint density at radius 1 is 1.10 bits per heavy atom. The van der Waals surface area contributed by atoms with E-state index >= 15 is 0 Å². The molecule has 1 saturated carbocycles. The molecule has 1 aromatic carbocycles. The Labute approximate surface area is 172 Å². The summed E-state index contributed by atoms with van der Waals surface area (Å²) in [6.07, 6.45) is 3.73. The Kier molecular flexibility index (Phi) is 6.35. The maximum absolute atomic E-state index is 13.0. The molecule has 0 bridgehead atoms. The summed E-state index contributed by atoms with van der Waals surface area (Å²) in [5, 5.41) is 0. The summed E-state index contributed by atoms with van der Waals surface area (Å²) in [5.41, 5.74) is 1.12. The SMILES string of the molecule is COc1ccc(CN(C(=O)CN2CCN(C(=O)C3CCCO3)CC2)C2CC2)cc1. The Bertz CT molecular complexity index is 705. The van der Waals surface area contributed by atoms with Crippen LogP contribution in [-0.2, 0) is 20.9 Å². The Balaban J connectivity index is 1.27. The van der Waals surface area contributed by atoms with Gasteiger partial charge in [-0.05, 0) is 43.4 Å². The molecule has 3 fully saturated rings. The van der Waals surface area contributed by atoms with Crippen LogP contribution in [0.15, 0.2) is 24.3 Å². The number of benzene rings is 1. The number of rotatable bonds is 7. The molecule has 0 radical (unpaired) electrons. The summed E-state index contributed by atoms with van der Waals surface area (Å²) in [6, 6.07) is 8.30. The molecule has 1 unspecified atom stereocenters. The van der Waals surface area contributed by atoms with Crippen LogP contribution in [0.25, 0.3) is 0 Å². The first-order valence-electron chi connectivity index (χ1n) is 10.7. The van der Waals surface area contributed by atoms with E-state index in [1.54, 1.807) is 7.11 Å². The molecule has 7 nitrogen and oxygen atoms in total. The number of piperazine rings is 1. The van der Waals surface area contributed by atoms with Crippen molar-refractivity contribution in [3.05, 3.63) is 29.8 Å². The van der Waals surface area contributed by atoms with Gasteiger partial charge in [0.2, 0.25) is 5.91 Å². The van der Waals surface area contributed by atoms with Crippen LogP contribution in [0, 0.1) is 0 Å². The predicted molar refractivity (Wildman–Crippen MR) is 109 cm³/mol. The molecule has 2 amide bonds. The van der Waals surface area contributed by atoms with Gasteiger partial charge in [0.25, 0.3) is 5.91 Å². The summed E-state index contributed by atoms with van der Waals surface area (Å²) in [4.78, 5) is 31.6. The number of carbonyl (C=O) groups is 2. The number of amides is 2. The van der Waals surface area contributed by atoms with E-state index in [1.165, 1.54) is 0 Å². The summed E-state index contributed by atoms with van der Waals surface area (Å²) in [7, 11) is 1.66. The Morgan fingerprint density at radius 3 is 2.41 bits per heavy atom. The molecule has 2 heterocycles. The van der Waals surface area contributed by atoms with Crippen molar-refractivity contribution in [2.24, 2.45) is 0 Å². The van der Waals surface area contributed by atoms with E-state index in [0.29, 0.717) is 38.8 Å². The fraction of sp³-hybridized carbons (Fsp3) is 0.636. The van der Waals surface area contributed by atoms with Crippen LogP contribution in [-0.4, -0.2) is 85.1 Å². The topological polar surface area (TPSA) is 62.3 Å². The molecule has 2 aliphatic heterocycles. The third-order valence-electron chi connectivity index (χ3n) is 6.07. The highest BCUT2D eigenvalue weighted by Gasteiger charge is 2.34. The van der Waals surface area contributed by atoms with E-state index in [0.717, 1.165) is 50.1 Å². The van der Waals surface area contributed by atoms with Crippen molar-refractivity contribution in [1.82, 2.24) is 14.7 Å². The third-order valence-corrected chi connectivity index (χ3v) is 6.07. The molecule has 7 heteroatoms. The lowest BCUT2D eigenvalue weighted by atomic mass is 10.2. The van der Waals surface area contributed by atoms with Gasteiger partial charge in [-0.1, -0.05) is 12.1 Å². The summed E-state index contributed by atoms with van der Waals surface area (Å²) < 4.78 is 10.7. The van der Waals surface area contributed by atoms with E-state index in [4.69, 9.17) is 9.47 Å². The monoisotopic (exact) mass is 401 g/mol. The second-order valence-electron chi connectivity index (χ2n) is 8.20. The van der Waals surface area contributed by atoms with E-state index in [2.05, 4.69) is 4.90 Å². The highest BCUT2D eigenvalue weighted by atomic mass is 16.5. The van der Waals surface area contributed by atoms with E-state index in [-0.39, 0.29) is 17.9 Å². The molecular formula is C22H31N3O4. The molecule has 0 spiro atoms. The van der Waals surface area contributed by atoms with Crippen molar-refractivity contribution in [3.8, 4) is 5.75 Å². The second kappa shape index (κ2) is 9.13. The number of methoxy groups -OCH3 is 1. The Morgan fingerprint density at radius 2 is 1.83 bits per heavy atom. The van der Waals surface area contributed by atoms with E-state index in [1.807, 2.05) is 34.1 Å². The van der Waals surface area contributed by atoms with Gasteiger partial charge in [0.15, 0.2) is 0 Å². The molecular weight excluding hydrogens is 370 g/mol. The number of carbonyl (C=O) groups excluding carboxylic acids is 2. The highest BCUT2D eigenvalue weighted by molar-refractivity contribution is 5.81. The predicted octanol–water partition coefficient (Wildman–Crippen LogP) is 1.51. The van der Waals surface area contributed by atoms with Gasteiger partial charge in [0, 0.05) is 45.4 Å². The summed E-state index contributed by atoms with van der Waals surface area (Å²) >= 11 is 0. The summed E-state index contributed by atoms with van der Waals surface area (Å²) in [6.45, 7) is 4.59. The van der Waals surface area contributed by atoms with Crippen LogP contribution in [0.1, 0.15) is 31.2 Å². The molecule has 1 aromatic rings. The lowest BCUT2D eigenvalue weighted by molar-refractivity contribution is -0.143. The van der Waals surface area contributed by atoms with Gasteiger partial charge < -0.3 is 19.3 Å². The minimum absolute atomic E-state index is 0.118. The van der Waals surface area contributed by atoms with Crippen LogP contribution in [0.3, 0.4) is 0 Å². The van der Waals surface area contributed by atoms with E-state index in [9.17, 15) is 9.59 Å². The van der Waals surface area contributed by atoms with Gasteiger partial charge >= 0.3 is 0 Å². The normalized spacial score (nSPS) is 22.5. The average molecular weight is 402 g/mol. The molecule has 2 saturated heterocycles. The molecule has 1 aliphatic carbocycles. The lowest BCUT2D eigenvalue weighted by Crippen LogP contribution is -2.53. The third kappa shape index (κ3) is 5.08. The minimum atomic E-state index is -0.252. The van der Waals surface area contributed by atoms with Crippen molar-refractivity contribution >= 4 is 11.8 Å². The van der Waals surface area contributed by atoms with Gasteiger partial charge in [-0.2, -0.15) is 0 Å². The van der Waals surface area contributed by atoms with E-state index < -0.39 is 0 Å². The first kappa shape index (κ1) is 20.2. The van der Waals surface area contributed by atoms with Crippen LogP contribution >= 0.6 is 0 Å². The first-order chi connectivity index (χ1) is 14.1.